The molecule has 0 amide bonds. The lowest BCUT2D eigenvalue weighted by Crippen LogP contribution is -2.42. The van der Waals surface area contributed by atoms with Crippen molar-refractivity contribution < 1.29 is 4.39 Å². The molecule has 2 rings (SSSR count). The van der Waals surface area contributed by atoms with E-state index in [1.54, 1.807) is 0 Å². The number of nitrogens with zero attached hydrogens (tertiary/aromatic N) is 1. The van der Waals surface area contributed by atoms with Gasteiger partial charge >= 0.3 is 0 Å². The third-order valence-corrected chi connectivity index (χ3v) is 3.68. The molecule has 0 aromatic carbocycles. The number of rotatable bonds is 2. The average Bonchev–Trinajstić information content (AvgIpc) is 2.45. The largest absolute Gasteiger partial charge is 0.317 e. The molecule has 0 radical (unpaired) electrons. The van der Waals surface area contributed by atoms with Gasteiger partial charge in [0.2, 0.25) is 0 Å². The predicted octanol–water partition coefficient (Wildman–Crippen LogP) is 1.95. The standard InChI is InChI=1S/C12H23FN2/c13-12(5-4-7-14-8-6-12)11-15-9-2-1-3-10-15/h14H,1-11H2. The number of alkyl halides is 1. The van der Waals surface area contributed by atoms with Crippen LogP contribution in [-0.2, 0) is 0 Å². The van der Waals surface area contributed by atoms with Crippen molar-refractivity contribution in [1.29, 1.82) is 0 Å². The van der Waals surface area contributed by atoms with Gasteiger partial charge in [-0.3, -0.25) is 0 Å². The van der Waals surface area contributed by atoms with Crippen LogP contribution in [0.4, 0.5) is 4.39 Å². The molecule has 0 aromatic rings. The summed E-state index contributed by atoms with van der Waals surface area (Å²) in [4.78, 5) is 2.33. The Morgan fingerprint density at radius 3 is 2.60 bits per heavy atom. The summed E-state index contributed by atoms with van der Waals surface area (Å²) in [7, 11) is 0. The monoisotopic (exact) mass is 214 g/mol. The van der Waals surface area contributed by atoms with Gasteiger partial charge in [-0.05, 0) is 58.3 Å². The zero-order valence-corrected chi connectivity index (χ0v) is 9.60. The second-order valence-electron chi connectivity index (χ2n) is 5.09. The van der Waals surface area contributed by atoms with Crippen LogP contribution in [0.3, 0.4) is 0 Å². The van der Waals surface area contributed by atoms with Crippen molar-refractivity contribution in [2.45, 2.75) is 44.2 Å². The van der Waals surface area contributed by atoms with Crippen molar-refractivity contribution in [1.82, 2.24) is 10.2 Å². The third kappa shape index (κ3) is 3.42. The van der Waals surface area contributed by atoms with Crippen molar-refractivity contribution in [3.63, 3.8) is 0 Å². The summed E-state index contributed by atoms with van der Waals surface area (Å²) in [5.74, 6) is 0. The Balaban J connectivity index is 1.83. The number of piperidine rings is 1. The van der Waals surface area contributed by atoms with Crippen molar-refractivity contribution in [2.75, 3.05) is 32.7 Å². The zero-order valence-electron chi connectivity index (χ0n) is 9.60. The Bertz CT molecular complexity index is 182. The minimum absolute atomic E-state index is 0.675. The van der Waals surface area contributed by atoms with E-state index in [2.05, 4.69) is 10.2 Å². The Hall–Kier alpha value is -0.150. The van der Waals surface area contributed by atoms with Gasteiger partial charge in [-0.2, -0.15) is 0 Å². The summed E-state index contributed by atoms with van der Waals surface area (Å²) in [5.41, 5.74) is -0.916. The van der Waals surface area contributed by atoms with E-state index in [1.807, 2.05) is 0 Å². The summed E-state index contributed by atoms with van der Waals surface area (Å²) >= 11 is 0. The quantitative estimate of drug-likeness (QED) is 0.756. The summed E-state index contributed by atoms with van der Waals surface area (Å²) < 4.78 is 14.5. The molecule has 88 valence electrons. The molecular weight excluding hydrogens is 191 g/mol. The van der Waals surface area contributed by atoms with Gasteiger partial charge < -0.3 is 10.2 Å². The van der Waals surface area contributed by atoms with Crippen molar-refractivity contribution in [2.24, 2.45) is 0 Å². The summed E-state index contributed by atoms with van der Waals surface area (Å²) in [6, 6.07) is 0. The second kappa shape index (κ2) is 5.26. The van der Waals surface area contributed by atoms with Crippen LogP contribution in [0, 0.1) is 0 Å². The number of hydrogen-bond acceptors (Lipinski definition) is 2. The Kier molecular flexibility index (Phi) is 3.98. The van der Waals surface area contributed by atoms with Gasteiger partial charge in [-0.25, -0.2) is 4.39 Å². The Labute approximate surface area is 92.2 Å². The fraction of sp³-hybridized carbons (Fsp3) is 1.00. The van der Waals surface area contributed by atoms with Gasteiger partial charge in [0.05, 0.1) is 0 Å². The first-order valence-electron chi connectivity index (χ1n) is 6.41. The predicted molar refractivity (Wildman–Crippen MR) is 60.9 cm³/mol. The lowest BCUT2D eigenvalue weighted by Gasteiger charge is -2.33. The molecule has 3 heteroatoms. The molecule has 0 aromatic heterocycles. The molecule has 2 nitrogen and oxygen atoms in total. The van der Waals surface area contributed by atoms with E-state index in [9.17, 15) is 4.39 Å². The first kappa shape index (κ1) is 11.3. The SMILES string of the molecule is FC1(CN2CCCCC2)CCCNCC1. The van der Waals surface area contributed by atoms with Crippen LogP contribution >= 0.6 is 0 Å². The molecule has 0 bridgehead atoms. The molecule has 2 aliphatic heterocycles. The van der Waals surface area contributed by atoms with E-state index in [0.29, 0.717) is 13.0 Å². The average molecular weight is 214 g/mol. The zero-order chi connectivity index (χ0) is 10.6. The summed E-state index contributed by atoms with van der Waals surface area (Å²) in [6.07, 6.45) is 6.28. The topological polar surface area (TPSA) is 15.3 Å². The van der Waals surface area contributed by atoms with Crippen LogP contribution in [0.2, 0.25) is 0 Å². The normalized spacial score (nSPS) is 35.0. The van der Waals surface area contributed by atoms with Crippen molar-refractivity contribution >= 4 is 0 Å². The van der Waals surface area contributed by atoms with E-state index in [4.69, 9.17) is 0 Å². The number of halogens is 1. The summed E-state index contributed by atoms with van der Waals surface area (Å²) in [6.45, 7) is 4.74. The molecule has 2 heterocycles. The molecule has 2 saturated heterocycles. The molecule has 2 fully saturated rings. The van der Waals surface area contributed by atoms with Gasteiger partial charge in [-0.1, -0.05) is 6.42 Å². The van der Waals surface area contributed by atoms with E-state index >= 15 is 0 Å². The van der Waals surface area contributed by atoms with Crippen LogP contribution in [0.15, 0.2) is 0 Å². The minimum atomic E-state index is -0.916. The minimum Gasteiger partial charge on any atom is -0.317 e. The maximum atomic E-state index is 14.5. The van der Waals surface area contributed by atoms with Crippen LogP contribution in [0.5, 0.6) is 0 Å². The molecule has 15 heavy (non-hydrogen) atoms. The van der Waals surface area contributed by atoms with Crippen LogP contribution in [-0.4, -0.2) is 43.3 Å². The molecule has 1 N–H and O–H groups in total. The summed E-state index contributed by atoms with van der Waals surface area (Å²) in [5, 5.41) is 3.28. The van der Waals surface area contributed by atoms with E-state index in [0.717, 1.165) is 39.0 Å². The Morgan fingerprint density at radius 2 is 1.80 bits per heavy atom. The highest BCUT2D eigenvalue weighted by molar-refractivity contribution is 4.86. The second-order valence-corrected chi connectivity index (χ2v) is 5.09. The van der Waals surface area contributed by atoms with Gasteiger partial charge in [0, 0.05) is 6.54 Å². The molecule has 0 spiro atoms. The first-order valence-corrected chi connectivity index (χ1v) is 6.41. The maximum Gasteiger partial charge on any atom is 0.124 e. The smallest absolute Gasteiger partial charge is 0.124 e. The Morgan fingerprint density at radius 1 is 1.00 bits per heavy atom. The van der Waals surface area contributed by atoms with E-state index < -0.39 is 5.67 Å². The third-order valence-electron chi connectivity index (χ3n) is 3.68. The molecule has 1 unspecified atom stereocenters. The fourth-order valence-electron chi connectivity index (χ4n) is 2.77. The number of nitrogens with one attached hydrogen (secondary N) is 1. The molecular formula is C12H23FN2. The fourth-order valence-corrected chi connectivity index (χ4v) is 2.77. The van der Waals surface area contributed by atoms with Gasteiger partial charge in [0.15, 0.2) is 0 Å². The highest BCUT2D eigenvalue weighted by Crippen LogP contribution is 2.26. The first-order chi connectivity index (χ1) is 7.29. The van der Waals surface area contributed by atoms with Crippen LogP contribution in [0.1, 0.15) is 38.5 Å². The van der Waals surface area contributed by atoms with Gasteiger partial charge in [0.25, 0.3) is 0 Å². The van der Waals surface area contributed by atoms with Gasteiger partial charge in [-0.15, -0.1) is 0 Å². The lowest BCUT2D eigenvalue weighted by molar-refractivity contribution is 0.0700. The van der Waals surface area contributed by atoms with Crippen LogP contribution < -0.4 is 5.32 Å². The lowest BCUT2D eigenvalue weighted by atomic mass is 9.95. The van der Waals surface area contributed by atoms with Crippen LogP contribution in [0.25, 0.3) is 0 Å². The molecule has 1 atom stereocenters. The molecule has 2 aliphatic rings. The number of hydrogen-bond donors (Lipinski definition) is 1. The van der Waals surface area contributed by atoms with E-state index in [-0.39, 0.29) is 0 Å². The highest BCUT2D eigenvalue weighted by Gasteiger charge is 2.32. The van der Waals surface area contributed by atoms with Gasteiger partial charge in [0.1, 0.15) is 5.67 Å². The molecule has 0 saturated carbocycles. The number of likely N-dealkylation sites (tertiary alicyclic amines) is 1. The van der Waals surface area contributed by atoms with Crippen molar-refractivity contribution in [3.8, 4) is 0 Å². The van der Waals surface area contributed by atoms with E-state index in [1.165, 1.54) is 19.3 Å². The molecule has 0 aliphatic carbocycles. The maximum absolute atomic E-state index is 14.5. The highest BCUT2D eigenvalue weighted by atomic mass is 19.1. The van der Waals surface area contributed by atoms with Crippen molar-refractivity contribution in [3.05, 3.63) is 0 Å².